The lowest BCUT2D eigenvalue weighted by Gasteiger charge is -2.29. The largest absolute Gasteiger partial charge is 0.490 e. The van der Waals surface area contributed by atoms with Crippen LogP contribution in [0.15, 0.2) is 12.3 Å². The second kappa shape index (κ2) is 4.69. The number of nitrogen functional groups attached to an aromatic ring is 1. The lowest BCUT2D eigenvalue weighted by atomic mass is 10.0. The standard InChI is InChI=1S/C9H14BN3O3/c1-15-10-13-6-4-16-7-2-5(11)3-12-8(7)9(6)14/h2-3,6,9-10,13-14H,4,11H2,1H3/t6-,9+/m0/s1. The fourth-order valence-electron chi connectivity index (χ4n) is 1.63. The molecule has 16 heavy (non-hydrogen) atoms. The van der Waals surface area contributed by atoms with Crippen LogP contribution < -0.4 is 15.7 Å². The molecule has 0 saturated heterocycles. The Labute approximate surface area is 94.1 Å². The van der Waals surface area contributed by atoms with Gasteiger partial charge in [-0.15, -0.1) is 0 Å². The lowest BCUT2D eigenvalue weighted by Crippen LogP contribution is -2.45. The minimum atomic E-state index is -0.709. The van der Waals surface area contributed by atoms with Crippen molar-refractivity contribution in [3.63, 3.8) is 0 Å². The van der Waals surface area contributed by atoms with Gasteiger partial charge in [0, 0.05) is 13.2 Å². The quantitative estimate of drug-likeness (QED) is 0.567. The summed E-state index contributed by atoms with van der Waals surface area (Å²) in [5, 5.41) is 13.0. The Morgan fingerprint density at radius 3 is 3.31 bits per heavy atom. The Morgan fingerprint density at radius 1 is 1.75 bits per heavy atom. The molecule has 2 atom stereocenters. The Hall–Kier alpha value is -1.31. The van der Waals surface area contributed by atoms with Gasteiger partial charge < -0.3 is 25.5 Å². The van der Waals surface area contributed by atoms with Gasteiger partial charge in [-0.05, 0) is 0 Å². The number of ether oxygens (including phenoxy) is 1. The number of hydrogen-bond acceptors (Lipinski definition) is 6. The summed E-state index contributed by atoms with van der Waals surface area (Å²) in [7, 11) is 1.94. The number of hydrogen-bond donors (Lipinski definition) is 3. The van der Waals surface area contributed by atoms with E-state index in [-0.39, 0.29) is 6.04 Å². The van der Waals surface area contributed by atoms with E-state index < -0.39 is 6.10 Å². The van der Waals surface area contributed by atoms with E-state index >= 15 is 0 Å². The van der Waals surface area contributed by atoms with E-state index in [1.807, 2.05) is 0 Å². The van der Waals surface area contributed by atoms with Gasteiger partial charge in [0.25, 0.3) is 0 Å². The predicted molar refractivity (Wildman–Crippen MR) is 60.2 cm³/mol. The van der Waals surface area contributed by atoms with Gasteiger partial charge in [-0.1, -0.05) is 0 Å². The van der Waals surface area contributed by atoms with Gasteiger partial charge in [0.15, 0.2) is 0 Å². The van der Waals surface area contributed by atoms with Gasteiger partial charge in [0.1, 0.15) is 24.2 Å². The first kappa shape index (κ1) is 11.2. The van der Waals surface area contributed by atoms with Gasteiger partial charge >= 0.3 is 7.62 Å². The van der Waals surface area contributed by atoms with Crippen molar-refractivity contribution in [3.8, 4) is 5.75 Å². The second-order valence-corrected chi connectivity index (χ2v) is 3.65. The van der Waals surface area contributed by atoms with Gasteiger partial charge in [-0.2, -0.15) is 0 Å². The van der Waals surface area contributed by atoms with Crippen molar-refractivity contribution in [3.05, 3.63) is 18.0 Å². The fraction of sp³-hybridized carbons (Fsp3) is 0.444. The molecule has 0 fully saturated rings. The average Bonchev–Trinajstić information content (AvgIpc) is 2.28. The Bertz CT molecular complexity index is 377. The maximum absolute atomic E-state index is 10.0. The number of pyridine rings is 1. The van der Waals surface area contributed by atoms with Crippen molar-refractivity contribution in [2.45, 2.75) is 12.1 Å². The molecule has 0 amide bonds. The zero-order valence-corrected chi connectivity index (χ0v) is 9.01. The summed E-state index contributed by atoms with van der Waals surface area (Å²) in [6.07, 6.45) is 0.795. The third-order valence-corrected chi connectivity index (χ3v) is 2.47. The van der Waals surface area contributed by atoms with E-state index in [1.165, 1.54) is 6.20 Å². The molecule has 1 aliphatic heterocycles. The summed E-state index contributed by atoms with van der Waals surface area (Å²) in [5.41, 5.74) is 6.61. The molecule has 0 radical (unpaired) electrons. The summed E-state index contributed by atoms with van der Waals surface area (Å²) in [6, 6.07) is 1.45. The zero-order valence-electron chi connectivity index (χ0n) is 9.01. The molecule has 1 aromatic heterocycles. The molecule has 2 heterocycles. The minimum absolute atomic E-state index is 0.219. The van der Waals surface area contributed by atoms with Crippen LogP contribution in [-0.4, -0.2) is 37.5 Å². The molecule has 6 nitrogen and oxygen atoms in total. The first-order chi connectivity index (χ1) is 7.72. The number of aromatic nitrogens is 1. The van der Waals surface area contributed by atoms with Crippen LogP contribution in [-0.2, 0) is 4.65 Å². The van der Waals surface area contributed by atoms with Crippen molar-refractivity contribution in [2.24, 2.45) is 0 Å². The fourth-order valence-corrected chi connectivity index (χ4v) is 1.63. The minimum Gasteiger partial charge on any atom is -0.490 e. The third kappa shape index (κ3) is 2.11. The van der Waals surface area contributed by atoms with E-state index in [4.69, 9.17) is 15.1 Å². The first-order valence-electron chi connectivity index (χ1n) is 5.01. The summed E-state index contributed by atoms with van der Waals surface area (Å²) >= 11 is 0. The molecular weight excluding hydrogens is 209 g/mol. The zero-order chi connectivity index (χ0) is 11.5. The van der Waals surface area contributed by atoms with E-state index in [1.54, 1.807) is 13.2 Å². The van der Waals surface area contributed by atoms with Crippen LogP contribution in [0.2, 0.25) is 0 Å². The molecule has 0 saturated carbocycles. The number of nitrogens with one attached hydrogen (secondary N) is 1. The SMILES string of the molecule is COBN[C@H]1COc2cc(N)cnc2[C@@H]1O. The maximum Gasteiger partial charge on any atom is 0.360 e. The molecule has 1 aliphatic rings. The smallest absolute Gasteiger partial charge is 0.360 e. The van der Waals surface area contributed by atoms with Crippen molar-refractivity contribution in [1.82, 2.24) is 10.2 Å². The molecule has 0 aliphatic carbocycles. The molecule has 4 N–H and O–H groups in total. The molecule has 0 unspecified atom stereocenters. The van der Waals surface area contributed by atoms with E-state index in [9.17, 15) is 5.11 Å². The van der Waals surface area contributed by atoms with Crippen LogP contribution in [0.4, 0.5) is 5.69 Å². The number of rotatable bonds is 3. The van der Waals surface area contributed by atoms with Gasteiger partial charge in [0.05, 0.1) is 17.9 Å². The first-order valence-corrected chi connectivity index (χ1v) is 5.01. The van der Waals surface area contributed by atoms with E-state index in [0.29, 0.717) is 31.4 Å². The lowest BCUT2D eigenvalue weighted by molar-refractivity contribution is 0.0777. The summed E-state index contributed by atoms with van der Waals surface area (Å²) in [5.74, 6) is 0.544. The normalized spacial score (nSPS) is 23.4. The Balaban J connectivity index is 2.15. The average molecular weight is 223 g/mol. The second-order valence-electron chi connectivity index (χ2n) is 3.65. The van der Waals surface area contributed by atoms with Crippen LogP contribution in [0.3, 0.4) is 0 Å². The summed E-state index contributed by atoms with van der Waals surface area (Å²) in [6.45, 7) is 0.364. The summed E-state index contributed by atoms with van der Waals surface area (Å²) < 4.78 is 10.3. The number of aliphatic hydroxyl groups excluding tert-OH is 1. The Kier molecular flexibility index (Phi) is 3.28. The summed E-state index contributed by atoms with van der Waals surface area (Å²) in [4.78, 5) is 4.08. The highest BCUT2D eigenvalue weighted by Gasteiger charge is 2.30. The molecule has 1 aromatic rings. The van der Waals surface area contributed by atoms with Gasteiger partial charge in [-0.3, -0.25) is 4.98 Å². The number of nitrogens with zero attached hydrogens (tertiary/aromatic N) is 1. The molecule has 0 spiro atoms. The van der Waals surface area contributed by atoms with Crippen molar-refractivity contribution < 1.29 is 14.5 Å². The number of nitrogens with two attached hydrogens (primary N) is 1. The van der Waals surface area contributed by atoms with Crippen LogP contribution in [0.25, 0.3) is 0 Å². The highest BCUT2D eigenvalue weighted by atomic mass is 16.5. The van der Waals surface area contributed by atoms with E-state index in [2.05, 4.69) is 10.2 Å². The van der Waals surface area contributed by atoms with Crippen molar-refractivity contribution in [1.29, 1.82) is 0 Å². The third-order valence-electron chi connectivity index (χ3n) is 2.47. The molecule has 0 bridgehead atoms. The number of anilines is 1. The van der Waals surface area contributed by atoms with Gasteiger partial charge in [0.2, 0.25) is 0 Å². The molecule has 7 heteroatoms. The van der Waals surface area contributed by atoms with Crippen molar-refractivity contribution >= 4 is 13.3 Å². The molecule has 0 aromatic carbocycles. The monoisotopic (exact) mass is 223 g/mol. The van der Waals surface area contributed by atoms with Crippen LogP contribution in [0.5, 0.6) is 5.75 Å². The molecule has 2 rings (SSSR count). The van der Waals surface area contributed by atoms with Crippen LogP contribution in [0, 0.1) is 0 Å². The highest BCUT2D eigenvalue weighted by molar-refractivity contribution is 6.23. The van der Waals surface area contributed by atoms with Crippen LogP contribution >= 0.6 is 0 Å². The number of fused-ring (bicyclic) bond motifs is 1. The number of aliphatic hydroxyl groups is 1. The van der Waals surface area contributed by atoms with Gasteiger partial charge in [-0.25, -0.2) is 0 Å². The van der Waals surface area contributed by atoms with Crippen LogP contribution in [0.1, 0.15) is 11.8 Å². The topological polar surface area (TPSA) is 89.6 Å². The highest BCUT2D eigenvalue weighted by Crippen LogP contribution is 2.31. The molecule has 86 valence electrons. The maximum atomic E-state index is 10.0. The molecular formula is C9H14BN3O3. The van der Waals surface area contributed by atoms with Crippen molar-refractivity contribution in [2.75, 3.05) is 19.5 Å². The Morgan fingerprint density at radius 2 is 2.56 bits per heavy atom. The predicted octanol–water partition coefficient (Wildman–Crippen LogP) is -1.04. The van der Waals surface area contributed by atoms with E-state index in [0.717, 1.165) is 0 Å².